The second-order valence-electron chi connectivity index (χ2n) is 6.76. The molecule has 0 amide bonds. The number of rotatable bonds is 2. The third-order valence-electron chi connectivity index (χ3n) is 3.60. The van der Waals surface area contributed by atoms with Crippen LogP contribution in [0.1, 0.15) is 20.8 Å². The van der Waals surface area contributed by atoms with Crippen LogP contribution in [0.4, 0.5) is 0 Å². The summed E-state index contributed by atoms with van der Waals surface area (Å²) in [7, 11) is 1.81. The summed E-state index contributed by atoms with van der Waals surface area (Å²) in [4.78, 5) is 21.0. The SMILES string of the molecule is Cn1c(=O)n(CC(C)(C)C)c2ccc(-c3ncccn3)cc21. The van der Waals surface area contributed by atoms with E-state index in [0.717, 1.165) is 16.6 Å². The molecule has 0 unspecified atom stereocenters. The van der Waals surface area contributed by atoms with Gasteiger partial charge in [-0.15, -0.1) is 0 Å². The standard InChI is InChI=1S/C17H20N4O/c1-17(2,3)11-21-13-7-6-12(15-18-8-5-9-19-15)10-14(13)20(4)16(21)22/h5-10H,11H2,1-4H3. The van der Waals surface area contributed by atoms with E-state index in [1.54, 1.807) is 30.1 Å². The van der Waals surface area contributed by atoms with E-state index in [2.05, 4.69) is 30.7 Å². The Morgan fingerprint density at radius 2 is 1.77 bits per heavy atom. The summed E-state index contributed by atoms with van der Waals surface area (Å²) in [6.45, 7) is 7.07. The van der Waals surface area contributed by atoms with E-state index < -0.39 is 0 Å². The molecule has 22 heavy (non-hydrogen) atoms. The van der Waals surface area contributed by atoms with Gasteiger partial charge in [0.05, 0.1) is 11.0 Å². The number of fused-ring (bicyclic) bond motifs is 1. The van der Waals surface area contributed by atoms with Gasteiger partial charge >= 0.3 is 5.69 Å². The summed E-state index contributed by atoms with van der Waals surface area (Å²) < 4.78 is 3.53. The molecule has 5 heteroatoms. The Kier molecular flexibility index (Phi) is 3.35. The zero-order valence-corrected chi connectivity index (χ0v) is 13.4. The molecular weight excluding hydrogens is 276 g/mol. The van der Waals surface area contributed by atoms with E-state index >= 15 is 0 Å². The van der Waals surface area contributed by atoms with Gasteiger partial charge in [-0.1, -0.05) is 20.8 Å². The number of aryl methyl sites for hydroxylation is 1. The van der Waals surface area contributed by atoms with Crippen LogP contribution in [0.2, 0.25) is 0 Å². The number of benzene rings is 1. The molecule has 0 N–H and O–H groups in total. The topological polar surface area (TPSA) is 52.7 Å². The number of imidazole rings is 1. The van der Waals surface area contributed by atoms with Gasteiger partial charge in [0.15, 0.2) is 5.82 Å². The Morgan fingerprint density at radius 1 is 1.09 bits per heavy atom. The molecule has 3 rings (SSSR count). The van der Waals surface area contributed by atoms with Crippen molar-refractivity contribution in [2.45, 2.75) is 27.3 Å². The minimum Gasteiger partial charge on any atom is -0.295 e. The van der Waals surface area contributed by atoms with Gasteiger partial charge in [0.2, 0.25) is 0 Å². The van der Waals surface area contributed by atoms with E-state index in [1.807, 2.05) is 22.8 Å². The van der Waals surface area contributed by atoms with Crippen molar-refractivity contribution >= 4 is 11.0 Å². The summed E-state index contributed by atoms with van der Waals surface area (Å²) in [6, 6.07) is 7.72. The average molecular weight is 296 g/mol. The van der Waals surface area contributed by atoms with Crippen molar-refractivity contribution in [2.75, 3.05) is 0 Å². The highest BCUT2D eigenvalue weighted by Gasteiger charge is 2.18. The van der Waals surface area contributed by atoms with Crippen molar-refractivity contribution in [1.29, 1.82) is 0 Å². The average Bonchev–Trinajstić information content (AvgIpc) is 2.71. The zero-order valence-electron chi connectivity index (χ0n) is 13.4. The molecule has 0 aliphatic rings. The van der Waals surface area contributed by atoms with Gasteiger partial charge in [-0.05, 0) is 29.7 Å². The van der Waals surface area contributed by atoms with Crippen molar-refractivity contribution in [3.05, 3.63) is 47.1 Å². The molecule has 1 aromatic carbocycles. The third-order valence-corrected chi connectivity index (χ3v) is 3.60. The monoisotopic (exact) mass is 296 g/mol. The summed E-state index contributed by atoms with van der Waals surface area (Å²) in [6.07, 6.45) is 3.44. The van der Waals surface area contributed by atoms with Crippen molar-refractivity contribution in [3.63, 3.8) is 0 Å². The molecule has 0 atom stereocenters. The van der Waals surface area contributed by atoms with Gasteiger partial charge in [0.1, 0.15) is 0 Å². The van der Waals surface area contributed by atoms with Gasteiger partial charge in [-0.25, -0.2) is 14.8 Å². The molecule has 0 aliphatic carbocycles. The van der Waals surface area contributed by atoms with Crippen LogP contribution in [0.15, 0.2) is 41.5 Å². The Labute approximate surface area is 129 Å². The maximum Gasteiger partial charge on any atom is 0.328 e. The first-order valence-corrected chi connectivity index (χ1v) is 7.33. The molecule has 3 aromatic rings. The summed E-state index contributed by atoms with van der Waals surface area (Å²) >= 11 is 0. The summed E-state index contributed by atoms with van der Waals surface area (Å²) in [5.74, 6) is 0.667. The Bertz CT molecular complexity index is 869. The largest absolute Gasteiger partial charge is 0.328 e. The molecule has 0 aliphatic heterocycles. The van der Waals surface area contributed by atoms with Crippen LogP contribution < -0.4 is 5.69 Å². The molecule has 0 saturated carbocycles. The van der Waals surface area contributed by atoms with Crippen LogP contribution in [0, 0.1) is 5.41 Å². The highest BCUT2D eigenvalue weighted by molar-refractivity contribution is 5.81. The molecule has 114 valence electrons. The second-order valence-corrected chi connectivity index (χ2v) is 6.76. The minimum absolute atomic E-state index is 0.0102. The highest BCUT2D eigenvalue weighted by atomic mass is 16.1. The lowest BCUT2D eigenvalue weighted by atomic mass is 9.97. The first-order valence-electron chi connectivity index (χ1n) is 7.33. The van der Waals surface area contributed by atoms with Crippen molar-refractivity contribution < 1.29 is 0 Å². The van der Waals surface area contributed by atoms with Gasteiger partial charge in [0.25, 0.3) is 0 Å². The zero-order chi connectivity index (χ0) is 15.9. The molecule has 2 heterocycles. The first kappa shape index (κ1) is 14.5. The van der Waals surface area contributed by atoms with Crippen LogP contribution in [0.5, 0.6) is 0 Å². The lowest BCUT2D eigenvalue weighted by Crippen LogP contribution is -2.27. The van der Waals surface area contributed by atoms with Gasteiger partial charge in [0, 0.05) is 31.5 Å². The van der Waals surface area contributed by atoms with Crippen molar-refractivity contribution in [2.24, 2.45) is 12.5 Å². The second kappa shape index (κ2) is 5.09. The number of aromatic nitrogens is 4. The van der Waals surface area contributed by atoms with Gasteiger partial charge in [-0.2, -0.15) is 0 Å². The molecule has 0 spiro atoms. The predicted octanol–water partition coefficient (Wildman–Crippen LogP) is 2.84. The van der Waals surface area contributed by atoms with E-state index in [4.69, 9.17) is 0 Å². The number of hydrogen-bond acceptors (Lipinski definition) is 3. The van der Waals surface area contributed by atoms with Crippen LogP contribution in [-0.2, 0) is 13.6 Å². The van der Waals surface area contributed by atoms with E-state index in [1.165, 1.54) is 0 Å². The van der Waals surface area contributed by atoms with E-state index in [9.17, 15) is 4.79 Å². The molecule has 5 nitrogen and oxygen atoms in total. The van der Waals surface area contributed by atoms with Crippen LogP contribution in [0.3, 0.4) is 0 Å². The maximum absolute atomic E-state index is 12.5. The number of nitrogens with zero attached hydrogens (tertiary/aromatic N) is 4. The lowest BCUT2D eigenvalue weighted by Gasteiger charge is -2.18. The summed E-state index contributed by atoms with van der Waals surface area (Å²) in [5, 5.41) is 0. The Hall–Kier alpha value is -2.43. The summed E-state index contributed by atoms with van der Waals surface area (Å²) in [5.41, 5.74) is 2.81. The van der Waals surface area contributed by atoms with E-state index in [0.29, 0.717) is 12.4 Å². The fourth-order valence-corrected chi connectivity index (χ4v) is 2.62. The fourth-order valence-electron chi connectivity index (χ4n) is 2.62. The molecule has 0 saturated heterocycles. The lowest BCUT2D eigenvalue weighted by molar-refractivity contribution is 0.342. The third kappa shape index (κ3) is 2.54. The maximum atomic E-state index is 12.5. The molecule has 0 bridgehead atoms. The fraction of sp³-hybridized carbons (Fsp3) is 0.353. The molecule has 2 aromatic heterocycles. The Balaban J connectivity index is 2.19. The quantitative estimate of drug-likeness (QED) is 0.730. The van der Waals surface area contributed by atoms with Crippen LogP contribution in [0.25, 0.3) is 22.4 Å². The van der Waals surface area contributed by atoms with Gasteiger partial charge in [-0.3, -0.25) is 9.13 Å². The molecular formula is C17H20N4O. The molecule has 0 radical (unpaired) electrons. The normalized spacial score (nSPS) is 12.0. The van der Waals surface area contributed by atoms with Gasteiger partial charge < -0.3 is 0 Å². The smallest absolute Gasteiger partial charge is 0.295 e. The number of hydrogen-bond donors (Lipinski definition) is 0. The highest BCUT2D eigenvalue weighted by Crippen LogP contribution is 2.23. The van der Waals surface area contributed by atoms with Crippen molar-refractivity contribution in [3.8, 4) is 11.4 Å². The van der Waals surface area contributed by atoms with Crippen LogP contribution >= 0.6 is 0 Å². The minimum atomic E-state index is 0.0102. The van der Waals surface area contributed by atoms with E-state index in [-0.39, 0.29) is 11.1 Å². The molecule has 0 fully saturated rings. The predicted molar refractivity (Wildman–Crippen MR) is 87.7 cm³/mol. The Morgan fingerprint density at radius 3 is 2.41 bits per heavy atom. The van der Waals surface area contributed by atoms with Crippen LogP contribution in [-0.4, -0.2) is 19.1 Å². The van der Waals surface area contributed by atoms with Crippen molar-refractivity contribution in [1.82, 2.24) is 19.1 Å². The first-order chi connectivity index (χ1) is 10.4.